The first kappa shape index (κ1) is 10.1. The Morgan fingerprint density at radius 2 is 2.42 bits per heavy atom. The molecular weight excluding hydrogens is 188 g/mol. The Bertz CT molecular complexity index is 220. The van der Waals surface area contributed by atoms with Crippen molar-refractivity contribution < 1.29 is 4.42 Å². The van der Waals surface area contributed by atoms with Crippen molar-refractivity contribution in [2.45, 2.75) is 19.1 Å². The molecule has 0 aromatic carbocycles. The molecule has 0 unspecified atom stereocenters. The molecule has 1 nitrogen and oxygen atoms in total. The van der Waals surface area contributed by atoms with E-state index in [2.05, 4.69) is 19.6 Å². The van der Waals surface area contributed by atoms with Crippen LogP contribution in [0.2, 0.25) is 0 Å². The number of thioether (sulfide) groups is 1. The van der Waals surface area contributed by atoms with E-state index in [4.69, 9.17) is 4.42 Å². The van der Waals surface area contributed by atoms with Gasteiger partial charge in [0.05, 0.1) is 12.0 Å². The van der Waals surface area contributed by atoms with Gasteiger partial charge in [-0.25, -0.2) is 0 Å². The number of furan rings is 1. The van der Waals surface area contributed by atoms with Crippen LogP contribution in [0.25, 0.3) is 0 Å². The Morgan fingerprint density at radius 1 is 1.58 bits per heavy atom. The average Bonchev–Trinajstić information content (AvgIpc) is 2.46. The molecule has 0 aliphatic carbocycles. The van der Waals surface area contributed by atoms with E-state index < -0.39 is 0 Å². The van der Waals surface area contributed by atoms with E-state index in [1.54, 1.807) is 6.26 Å². The quantitative estimate of drug-likeness (QED) is 0.582. The van der Waals surface area contributed by atoms with Crippen molar-refractivity contribution in [2.75, 3.05) is 11.5 Å². The van der Waals surface area contributed by atoms with E-state index in [9.17, 15) is 0 Å². The molecule has 3 heteroatoms. The Balaban J connectivity index is 2.20. The number of hydrogen-bond acceptors (Lipinski definition) is 3. The van der Waals surface area contributed by atoms with Gasteiger partial charge in [0, 0.05) is 0 Å². The fourth-order valence-corrected chi connectivity index (χ4v) is 2.23. The van der Waals surface area contributed by atoms with Gasteiger partial charge < -0.3 is 4.42 Å². The summed E-state index contributed by atoms with van der Waals surface area (Å²) in [4.78, 5) is 0. The van der Waals surface area contributed by atoms with Crippen molar-refractivity contribution in [2.24, 2.45) is 0 Å². The molecule has 0 aliphatic rings. The highest BCUT2D eigenvalue weighted by Crippen LogP contribution is 2.17. The summed E-state index contributed by atoms with van der Waals surface area (Å²) in [5.41, 5.74) is 1.26. The maximum atomic E-state index is 5.30. The van der Waals surface area contributed by atoms with Crippen LogP contribution in [0.4, 0.5) is 0 Å². The van der Waals surface area contributed by atoms with E-state index in [0.717, 1.165) is 17.3 Å². The van der Waals surface area contributed by atoms with Crippen LogP contribution in [0.3, 0.4) is 0 Å². The van der Waals surface area contributed by atoms with Crippen molar-refractivity contribution in [3.05, 3.63) is 23.7 Å². The van der Waals surface area contributed by atoms with Gasteiger partial charge in [-0.2, -0.15) is 24.4 Å². The van der Waals surface area contributed by atoms with E-state index >= 15 is 0 Å². The van der Waals surface area contributed by atoms with Gasteiger partial charge in [0.2, 0.25) is 0 Å². The van der Waals surface area contributed by atoms with E-state index in [1.807, 2.05) is 17.8 Å². The SMILES string of the molecule is Cc1ccoc1CSCCCS. The fraction of sp³-hybridized carbons (Fsp3) is 0.556. The monoisotopic (exact) mass is 202 g/mol. The molecule has 0 bridgehead atoms. The fourth-order valence-electron chi connectivity index (χ4n) is 0.883. The van der Waals surface area contributed by atoms with Gasteiger partial charge in [-0.05, 0) is 36.5 Å². The zero-order valence-electron chi connectivity index (χ0n) is 7.25. The summed E-state index contributed by atoms with van der Waals surface area (Å²) < 4.78 is 5.30. The lowest BCUT2D eigenvalue weighted by Crippen LogP contribution is -1.84. The first-order valence-electron chi connectivity index (χ1n) is 4.06. The third-order valence-electron chi connectivity index (χ3n) is 1.65. The lowest BCUT2D eigenvalue weighted by Gasteiger charge is -1.97. The summed E-state index contributed by atoms with van der Waals surface area (Å²) in [6, 6.07) is 2.01. The molecular formula is C9H14OS2. The molecule has 1 aromatic rings. The van der Waals surface area contributed by atoms with Gasteiger partial charge in [0.1, 0.15) is 5.76 Å². The van der Waals surface area contributed by atoms with Crippen molar-refractivity contribution in [3.8, 4) is 0 Å². The maximum absolute atomic E-state index is 5.30. The predicted molar refractivity (Wildman–Crippen MR) is 58.1 cm³/mol. The molecule has 68 valence electrons. The number of thiol groups is 1. The summed E-state index contributed by atoms with van der Waals surface area (Å²) in [6.45, 7) is 2.08. The Morgan fingerprint density at radius 3 is 3.00 bits per heavy atom. The van der Waals surface area contributed by atoms with Crippen LogP contribution >= 0.6 is 24.4 Å². The van der Waals surface area contributed by atoms with Crippen molar-refractivity contribution in [1.29, 1.82) is 0 Å². The lowest BCUT2D eigenvalue weighted by atomic mass is 10.3. The highest BCUT2D eigenvalue weighted by Gasteiger charge is 2.00. The first-order valence-corrected chi connectivity index (χ1v) is 5.85. The summed E-state index contributed by atoms with van der Waals surface area (Å²) in [6.07, 6.45) is 2.93. The van der Waals surface area contributed by atoms with Crippen LogP contribution in [0.5, 0.6) is 0 Å². The van der Waals surface area contributed by atoms with Gasteiger partial charge in [-0.1, -0.05) is 0 Å². The molecule has 0 N–H and O–H groups in total. The number of rotatable bonds is 5. The standard InChI is InChI=1S/C9H14OS2/c1-8-3-4-10-9(8)7-12-6-2-5-11/h3-4,11H,2,5-7H2,1H3. The molecule has 0 saturated heterocycles. The summed E-state index contributed by atoms with van der Waals surface area (Å²) in [5.74, 6) is 4.25. The average molecular weight is 202 g/mol. The molecule has 0 saturated carbocycles. The van der Waals surface area contributed by atoms with Gasteiger partial charge in [-0.3, -0.25) is 0 Å². The minimum Gasteiger partial charge on any atom is -0.468 e. The van der Waals surface area contributed by atoms with Crippen LogP contribution in [0.1, 0.15) is 17.7 Å². The first-order chi connectivity index (χ1) is 5.84. The van der Waals surface area contributed by atoms with E-state index in [0.29, 0.717) is 0 Å². The summed E-state index contributed by atoms with van der Waals surface area (Å²) >= 11 is 6.06. The molecule has 0 aliphatic heterocycles. The van der Waals surface area contributed by atoms with Crippen LogP contribution in [0, 0.1) is 6.92 Å². The molecule has 1 aromatic heterocycles. The Hall–Kier alpha value is -0.0200. The normalized spacial score (nSPS) is 10.5. The van der Waals surface area contributed by atoms with Crippen molar-refractivity contribution in [3.63, 3.8) is 0 Å². The highest BCUT2D eigenvalue weighted by molar-refractivity contribution is 7.98. The molecule has 0 atom stereocenters. The third kappa shape index (κ3) is 3.15. The molecule has 1 heterocycles. The predicted octanol–water partition coefficient (Wildman–Crippen LogP) is 3.14. The third-order valence-corrected chi connectivity index (χ3v) is 3.01. The van der Waals surface area contributed by atoms with Gasteiger partial charge >= 0.3 is 0 Å². The topological polar surface area (TPSA) is 13.1 Å². The smallest absolute Gasteiger partial charge is 0.116 e. The maximum Gasteiger partial charge on any atom is 0.116 e. The molecule has 0 fully saturated rings. The van der Waals surface area contributed by atoms with E-state index in [-0.39, 0.29) is 0 Å². The van der Waals surface area contributed by atoms with Gasteiger partial charge in [-0.15, -0.1) is 0 Å². The van der Waals surface area contributed by atoms with Crippen LogP contribution in [-0.4, -0.2) is 11.5 Å². The van der Waals surface area contributed by atoms with E-state index in [1.165, 1.54) is 17.7 Å². The van der Waals surface area contributed by atoms with Crippen molar-refractivity contribution >= 4 is 24.4 Å². The Labute approximate surface area is 83.3 Å². The molecule has 1 rings (SSSR count). The molecule has 12 heavy (non-hydrogen) atoms. The molecule has 0 radical (unpaired) electrons. The zero-order valence-corrected chi connectivity index (χ0v) is 8.96. The minimum absolute atomic E-state index is 0.976. The summed E-state index contributed by atoms with van der Waals surface area (Å²) in [7, 11) is 0. The second-order valence-corrected chi connectivity index (χ2v) is 4.21. The van der Waals surface area contributed by atoms with Crippen LogP contribution in [0.15, 0.2) is 16.7 Å². The van der Waals surface area contributed by atoms with Crippen LogP contribution < -0.4 is 0 Å². The summed E-state index contributed by atoms with van der Waals surface area (Å²) in [5, 5.41) is 0. The highest BCUT2D eigenvalue weighted by atomic mass is 32.2. The molecule has 0 spiro atoms. The number of aryl methyl sites for hydroxylation is 1. The van der Waals surface area contributed by atoms with Gasteiger partial charge in [0.25, 0.3) is 0 Å². The minimum atomic E-state index is 0.976. The molecule has 0 amide bonds. The zero-order chi connectivity index (χ0) is 8.81. The lowest BCUT2D eigenvalue weighted by molar-refractivity contribution is 0.528. The second kappa shape index (κ2) is 5.60. The van der Waals surface area contributed by atoms with Crippen LogP contribution in [-0.2, 0) is 5.75 Å². The Kier molecular flexibility index (Phi) is 4.69. The largest absolute Gasteiger partial charge is 0.468 e. The number of hydrogen-bond donors (Lipinski definition) is 1. The van der Waals surface area contributed by atoms with Crippen molar-refractivity contribution in [1.82, 2.24) is 0 Å². The van der Waals surface area contributed by atoms with Gasteiger partial charge in [0.15, 0.2) is 0 Å². The second-order valence-electron chi connectivity index (χ2n) is 2.66.